The molecule has 2 aliphatic rings. The van der Waals surface area contributed by atoms with Crippen LogP contribution < -0.4 is 25.5 Å². The predicted octanol–water partition coefficient (Wildman–Crippen LogP) is 2.86. The Morgan fingerprint density at radius 3 is 2.56 bits per heavy atom. The number of anilines is 1. The highest BCUT2D eigenvalue weighted by molar-refractivity contribution is 6.31. The highest BCUT2D eigenvalue weighted by Crippen LogP contribution is 2.31. The lowest BCUT2D eigenvalue weighted by atomic mass is 10.1. The zero-order chi connectivity index (χ0) is 22.5. The van der Waals surface area contributed by atoms with E-state index in [1.807, 2.05) is 5.01 Å². The molecule has 2 aromatic rings. The van der Waals surface area contributed by atoms with Crippen molar-refractivity contribution in [2.75, 3.05) is 31.6 Å². The zero-order valence-corrected chi connectivity index (χ0v) is 18.8. The van der Waals surface area contributed by atoms with Crippen LogP contribution in [0.25, 0.3) is 0 Å². The van der Waals surface area contributed by atoms with E-state index < -0.39 is 6.10 Å². The van der Waals surface area contributed by atoms with Crippen molar-refractivity contribution in [3.63, 3.8) is 0 Å². The molecule has 0 bridgehead atoms. The SMILES string of the molecule is O=C(COc1ccc(Cl)cc1)NN1CCC(NC(=O)[C@@H]2CNc3cc(Cl)ccc3O2)CC1. The van der Waals surface area contributed by atoms with Crippen molar-refractivity contribution in [2.24, 2.45) is 0 Å². The van der Waals surface area contributed by atoms with Crippen molar-refractivity contribution in [3.05, 3.63) is 52.5 Å². The number of halogens is 2. The van der Waals surface area contributed by atoms with Gasteiger partial charge in [0.2, 0.25) is 0 Å². The second kappa shape index (κ2) is 10.3. The lowest BCUT2D eigenvalue weighted by Gasteiger charge is -2.33. The van der Waals surface area contributed by atoms with Crippen LogP contribution in [0.1, 0.15) is 12.8 Å². The van der Waals surface area contributed by atoms with Crippen molar-refractivity contribution in [1.82, 2.24) is 15.8 Å². The smallest absolute Gasteiger partial charge is 0.272 e. The van der Waals surface area contributed by atoms with E-state index in [9.17, 15) is 9.59 Å². The van der Waals surface area contributed by atoms with Crippen LogP contribution in [0.2, 0.25) is 10.0 Å². The van der Waals surface area contributed by atoms with Gasteiger partial charge in [-0.05, 0) is 55.3 Å². The third kappa shape index (κ3) is 5.97. The second-order valence-electron chi connectivity index (χ2n) is 7.68. The number of amides is 2. The number of nitrogens with one attached hydrogen (secondary N) is 3. The fourth-order valence-corrected chi connectivity index (χ4v) is 3.90. The number of rotatable bonds is 6. The van der Waals surface area contributed by atoms with E-state index in [2.05, 4.69) is 16.1 Å². The first kappa shape index (κ1) is 22.5. The van der Waals surface area contributed by atoms with Gasteiger partial charge >= 0.3 is 0 Å². The molecule has 0 saturated carbocycles. The third-order valence-corrected chi connectivity index (χ3v) is 5.78. The van der Waals surface area contributed by atoms with Gasteiger partial charge in [-0.25, -0.2) is 5.01 Å². The van der Waals surface area contributed by atoms with Gasteiger partial charge in [-0.3, -0.25) is 15.0 Å². The van der Waals surface area contributed by atoms with E-state index in [1.165, 1.54) is 0 Å². The monoisotopic (exact) mass is 478 g/mol. The Morgan fingerprint density at radius 2 is 1.81 bits per heavy atom. The van der Waals surface area contributed by atoms with Gasteiger partial charge in [0.05, 0.1) is 12.2 Å². The van der Waals surface area contributed by atoms with Gasteiger partial charge in [0.25, 0.3) is 11.8 Å². The molecule has 0 aromatic heterocycles. The topological polar surface area (TPSA) is 91.9 Å². The predicted molar refractivity (Wildman–Crippen MR) is 122 cm³/mol. The molecule has 0 unspecified atom stereocenters. The fourth-order valence-electron chi connectivity index (χ4n) is 3.61. The summed E-state index contributed by atoms with van der Waals surface area (Å²) in [7, 11) is 0. The summed E-state index contributed by atoms with van der Waals surface area (Å²) in [5, 5.41) is 9.29. The van der Waals surface area contributed by atoms with Gasteiger partial charge in [0, 0.05) is 29.2 Å². The lowest BCUT2D eigenvalue weighted by molar-refractivity contribution is -0.131. The molecule has 0 spiro atoms. The number of carbonyl (C=O) groups is 2. The Hall–Kier alpha value is -2.68. The number of nitrogens with zero attached hydrogens (tertiary/aromatic N) is 1. The molecule has 1 fully saturated rings. The molecule has 0 aliphatic carbocycles. The molecule has 0 radical (unpaired) electrons. The van der Waals surface area contributed by atoms with Crippen LogP contribution in [-0.4, -0.2) is 55.2 Å². The van der Waals surface area contributed by atoms with E-state index in [1.54, 1.807) is 42.5 Å². The van der Waals surface area contributed by atoms with Crippen LogP contribution in [0.3, 0.4) is 0 Å². The van der Waals surface area contributed by atoms with Gasteiger partial charge in [-0.15, -0.1) is 0 Å². The molecule has 8 nitrogen and oxygen atoms in total. The molecule has 32 heavy (non-hydrogen) atoms. The molecule has 2 amide bonds. The molecular weight excluding hydrogens is 455 g/mol. The summed E-state index contributed by atoms with van der Waals surface area (Å²) in [4.78, 5) is 24.8. The lowest BCUT2D eigenvalue weighted by Crippen LogP contribution is -2.54. The number of hydrogen-bond donors (Lipinski definition) is 3. The van der Waals surface area contributed by atoms with Gasteiger partial charge in [0.1, 0.15) is 11.5 Å². The normalized spacial score (nSPS) is 18.6. The quantitative estimate of drug-likeness (QED) is 0.591. The summed E-state index contributed by atoms with van der Waals surface area (Å²) in [6.45, 7) is 1.55. The fraction of sp³-hybridized carbons (Fsp3) is 0.364. The summed E-state index contributed by atoms with van der Waals surface area (Å²) in [5.41, 5.74) is 3.62. The summed E-state index contributed by atoms with van der Waals surface area (Å²) >= 11 is 11.8. The number of hydrogen-bond acceptors (Lipinski definition) is 6. The molecule has 4 rings (SSSR count). The van der Waals surface area contributed by atoms with Crippen molar-refractivity contribution in [2.45, 2.75) is 25.0 Å². The van der Waals surface area contributed by atoms with E-state index in [0.717, 1.165) is 18.5 Å². The Labute approximate surface area is 196 Å². The molecular formula is C22H24Cl2N4O4. The maximum Gasteiger partial charge on any atom is 0.272 e. The summed E-state index contributed by atoms with van der Waals surface area (Å²) < 4.78 is 11.3. The second-order valence-corrected chi connectivity index (χ2v) is 8.55. The van der Waals surface area contributed by atoms with Gasteiger partial charge in [0.15, 0.2) is 12.7 Å². The standard InChI is InChI=1S/C22H24Cl2N4O4/c23-14-1-4-17(5-2-14)31-13-21(29)27-28-9-7-16(8-10-28)26-22(30)20-12-25-18-11-15(24)3-6-19(18)32-20/h1-6,11,16,20,25H,7-10,12-13H2,(H,26,30)(H,27,29)/t20-/m0/s1. The Balaban J connectivity index is 1.17. The van der Waals surface area contributed by atoms with E-state index in [4.69, 9.17) is 32.7 Å². The minimum atomic E-state index is -0.605. The highest BCUT2D eigenvalue weighted by Gasteiger charge is 2.29. The average molecular weight is 479 g/mol. The van der Waals surface area contributed by atoms with Crippen LogP contribution in [0.4, 0.5) is 5.69 Å². The van der Waals surface area contributed by atoms with Crippen molar-refractivity contribution < 1.29 is 19.1 Å². The van der Waals surface area contributed by atoms with Crippen molar-refractivity contribution in [3.8, 4) is 11.5 Å². The number of hydrazine groups is 1. The summed E-state index contributed by atoms with van der Waals surface area (Å²) in [5.74, 6) is 0.801. The van der Waals surface area contributed by atoms with Crippen molar-refractivity contribution in [1.29, 1.82) is 0 Å². The molecule has 10 heteroatoms. The molecule has 3 N–H and O–H groups in total. The van der Waals surface area contributed by atoms with Crippen LogP contribution in [0.15, 0.2) is 42.5 Å². The number of carbonyl (C=O) groups excluding carboxylic acids is 2. The summed E-state index contributed by atoms with van der Waals surface area (Å²) in [6.07, 6.45) is 0.832. The molecule has 2 aromatic carbocycles. The molecule has 1 atom stereocenters. The zero-order valence-electron chi connectivity index (χ0n) is 17.3. The van der Waals surface area contributed by atoms with Crippen LogP contribution in [-0.2, 0) is 9.59 Å². The molecule has 170 valence electrons. The first-order chi connectivity index (χ1) is 15.5. The van der Waals surface area contributed by atoms with Crippen LogP contribution in [0, 0.1) is 0 Å². The highest BCUT2D eigenvalue weighted by atomic mass is 35.5. The summed E-state index contributed by atoms with van der Waals surface area (Å²) in [6, 6.07) is 12.1. The van der Waals surface area contributed by atoms with Gasteiger partial charge < -0.3 is 20.1 Å². The largest absolute Gasteiger partial charge is 0.484 e. The Bertz CT molecular complexity index is 965. The van der Waals surface area contributed by atoms with Gasteiger partial charge in [-0.2, -0.15) is 0 Å². The minimum absolute atomic E-state index is 0.0242. The molecule has 1 saturated heterocycles. The van der Waals surface area contributed by atoms with Gasteiger partial charge in [-0.1, -0.05) is 23.2 Å². The average Bonchev–Trinajstić information content (AvgIpc) is 2.79. The van der Waals surface area contributed by atoms with Crippen molar-refractivity contribution >= 4 is 40.7 Å². The maximum atomic E-state index is 12.6. The minimum Gasteiger partial charge on any atom is -0.484 e. The number of benzene rings is 2. The maximum absolute atomic E-state index is 12.6. The van der Waals surface area contributed by atoms with E-state index >= 15 is 0 Å². The van der Waals surface area contributed by atoms with E-state index in [-0.39, 0.29) is 24.5 Å². The Kier molecular flexibility index (Phi) is 7.24. The number of piperidine rings is 1. The molecule has 2 heterocycles. The van der Waals surface area contributed by atoms with Crippen LogP contribution in [0.5, 0.6) is 11.5 Å². The van der Waals surface area contributed by atoms with E-state index in [0.29, 0.717) is 41.2 Å². The van der Waals surface area contributed by atoms with Crippen LogP contribution >= 0.6 is 23.2 Å². The Morgan fingerprint density at radius 1 is 1.09 bits per heavy atom. The first-order valence-electron chi connectivity index (χ1n) is 10.4. The molecule has 2 aliphatic heterocycles. The first-order valence-corrected chi connectivity index (χ1v) is 11.1. The number of ether oxygens (including phenoxy) is 2. The third-order valence-electron chi connectivity index (χ3n) is 5.29. The number of fused-ring (bicyclic) bond motifs is 1.